The average Bonchev–Trinajstić information content (AvgIpc) is 2.57. The van der Waals surface area contributed by atoms with Crippen LogP contribution in [-0.4, -0.2) is 23.1 Å². The second kappa shape index (κ2) is 8.48. The van der Waals surface area contributed by atoms with Crippen LogP contribution in [-0.2, 0) is 19.2 Å². The van der Waals surface area contributed by atoms with E-state index in [0.29, 0.717) is 0 Å². The lowest BCUT2D eigenvalue weighted by atomic mass is 9.84. The largest absolute Gasteiger partial charge is 0.290 e. The normalized spacial score (nSPS) is 17.8. The average molecular weight is 350 g/mol. The lowest BCUT2D eigenvalue weighted by molar-refractivity contribution is -0.116. The molecule has 0 fully saturated rings. The number of allylic oxidation sites excluding steroid dienone is 12. The highest BCUT2D eigenvalue weighted by Crippen LogP contribution is 2.27. The van der Waals surface area contributed by atoms with Crippen LogP contribution in [0.3, 0.4) is 0 Å². The summed E-state index contributed by atoms with van der Waals surface area (Å²) >= 11 is 0. The Labute approximate surface area is 153 Å². The fraction of sp³-hybridized carbons (Fsp3) is 0.273. The SMILES string of the molecule is CC(C)=CCC/C(C)=C/CC1=C(C2=CC(=O)C=CC2=O)C(=O)C=CC1=O. The Kier molecular flexibility index (Phi) is 6.34. The Bertz CT molecular complexity index is 851. The Balaban J connectivity index is 2.32. The number of rotatable bonds is 6. The van der Waals surface area contributed by atoms with Crippen LogP contribution >= 0.6 is 0 Å². The van der Waals surface area contributed by atoms with Gasteiger partial charge in [0.2, 0.25) is 0 Å². The van der Waals surface area contributed by atoms with Gasteiger partial charge in [-0.1, -0.05) is 23.3 Å². The minimum Gasteiger partial charge on any atom is -0.290 e. The van der Waals surface area contributed by atoms with E-state index >= 15 is 0 Å². The summed E-state index contributed by atoms with van der Waals surface area (Å²) in [6.45, 7) is 6.06. The van der Waals surface area contributed by atoms with E-state index in [9.17, 15) is 19.2 Å². The predicted molar refractivity (Wildman–Crippen MR) is 100 cm³/mol. The molecule has 0 aromatic carbocycles. The van der Waals surface area contributed by atoms with Crippen molar-refractivity contribution in [2.45, 2.75) is 40.0 Å². The van der Waals surface area contributed by atoms with Crippen LogP contribution in [0, 0.1) is 0 Å². The van der Waals surface area contributed by atoms with Crippen molar-refractivity contribution in [2.24, 2.45) is 0 Å². The van der Waals surface area contributed by atoms with Crippen molar-refractivity contribution >= 4 is 23.1 Å². The molecule has 0 aromatic heterocycles. The highest BCUT2D eigenvalue weighted by Gasteiger charge is 2.29. The van der Waals surface area contributed by atoms with E-state index in [4.69, 9.17) is 0 Å². The van der Waals surface area contributed by atoms with Gasteiger partial charge in [0.1, 0.15) is 0 Å². The summed E-state index contributed by atoms with van der Waals surface area (Å²) in [4.78, 5) is 48.4. The topological polar surface area (TPSA) is 68.3 Å². The maximum absolute atomic E-state index is 12.3. The summed E-state index contributed by atoms with van der Waals surface area (Å²) in [5.74, 6) is -1.52. The van der Waals surface area contributed by atoms with Gasteiger partial charge in [-0.15, -0.1) is 0 Å². The second-order valence-electron chi connectivity index (χ2n) is 6.65. The molecule has 0 N–H and O–H groups in total. The van der Waals surface area contributed by atoms with E-state index in [2.05, 4.69) is 6.08 Å². The Morgan fingerprint density at radius 3 is 2.19 bits per heavy atom. The third kappa shape index (κ3) is 4.82. The molecule has 4 nitrogen and oxygen atoms in total. The van der Waals surface area contributed by atoms with Gasteiger partial charge < -0.3 is 0 Å². The van der Waals surface area contributed by atoms with Crippen LogP contribution in [0.15, 0.2) is 70.4 Å². The quantitative estimate of drug-likeness (QED) is 0.541. The molecule has 2 aliphatic carbocycles. The van der Waals surface area contributed by atoms with Crippen LogP contribution in [0.5, 0.6) is 0 Å². The number of carbonyl (C=O) groups is 4. The second-order valence-corrected chi connectivity index (χ2v) is 6.65. The first-order valence-electron chi connectivity index (χ1n) is 8.57. The van der Waals surface area contributed by atoms with Crippen molar-refractivity contribution in [2.75, 3.05) is 0 Å². The summed E-state index contributed by atoms with van der Waals surface area (Å²) in [6.07, 6.45) is 11.9. The van der Waals surface area contributed by atoms with Gasteiger partial charge >= 0.3 is 0 Å². The molecule has 0 heterocycles. The lowest BCUT2D eigenvalue weighted by Gasteiger charge is -2.16. The van der Waals surface area contributed by atoms with Crippen molar-refractivity contribution < 1.29 is 19.2 Å². The van der Waals surface area contributed by atoms with E-state index in [0.717, 1.165) is 42.7 Å². The smallest absolute Gasteiger partial charge is 0.187 e. The minimum absolute atomic E-state index is 0.00536. The van der Waals surface area contributed by atoms with Crippen LogP contribution in [0.1, 0.15) is 40.0 Å². The Morgan fingerprint density at radius 1 is 0.846 bits per heavy atom. The molecule has 134 valence electrons. The third-order valence-electron chi connectivity index (χ3n) is 4.20. The minimum atomic E-state index is -0.433. The zero-order valence-electron chi connectivity index (χ0n) is 15.3. The summed E-state index contributed by atoms with van der Waals surface area (Å²) in [6, 6.07) is 0. The molecule has 0 saturated heterocycles. The zero-order valence-corrected chi connectivity index (χ0v) is 15.3. The van der Waals surface area contributed by atoms with Crippen LogP contribution < -0.4 is 0 Å². The van der Waals surface area contributed by atoms with Gasteiger partial charge in [0.05, 0.1) is 0 Å². The highest BCUT2D eigenvalue weighted by molar-refractivity contribution is 6.30. The number of hydrogen-bond acceptors (Lipinski definition) is 4. The molecule has 0 bridgehead atoms. The molecule has 2 aliphatic rings. The van der Waals surface area contributed by atoms with Gasteiger partial charge in [0.15, 0.2) is 23.1 Å². The van der Waals surface area contributed by atoms with E-state index in [-0.39, 0.29) is 34.7 Å². The van der Waals surface area contributed by atoms with Gasteiger partial charge in [-0.3, -0.25) is 19.2 Å². The first-order valence-corrected chi connectivity index (χ1v) is 8.57. The van der Waals surface area contributed by atoms with Gasteiger partial charge in [-0.2, -0.15) is 0 Å². The van der Waals surface area contributed by atoms with Gasteiger partial charge in [-0.25, -0.2) is 0 Å². The van der Waals surface area contributed by atoms with E-state index in [1.165, 1.54) is 11.6 Å². The first kappa shape index (κ1) is 19.4. The molecule has 0 atom stereocenters. The predicted octanol–water partition coefficient (Wildman–Crippen LogP) is 3.71. The summed E-state index contributed by atoms with van der Waals surface area (Å²) < 4.78 is 0. The van der Waals surface area contributed by atoms with E-state index in [1.54, 1.807) is 0 Å². The Morgan fingerprint density at radius 2 is 1.50 bits per heavy atom. The number of ketones is 4. The van der Waals surface area contributed by atoms with Gasteiger partial charge in [-0.05, 0) is 70.4 Å². The standard InChI is InChI=1S/C22H22O4/c1-14(2)5-4-6-15(3)7-9-17-19(24)11-12-21(26)22(17)18-13-16(23)8-10-20(18)25/h5,7-8,10-13H,4,6,9H2,1-3H3/b15-7+. The van der Waals surface area contributed by atoms with Crippen molar-refractivity contribution in [3.63, 3.8) is 0 Å². The van der Waals surface area contributed by atoms with E-state index in [1.807, 2.05) is 26.8 Å². The fourth-order valence-corrected chi connectivity index (χ4v) is 2.78. The van der Waals surface area contributed by atoms with Gasteiger partial charge in [0.25, 0.3) is 0 Å². The summed E-state index contributed by atoms with van der Waals surface area (Å²) in [5.41, 5.74) is 2.67. The molecule has 0 spiro atoms. The zero-order chi connectivity index (χ0) is 19.3. The van der Waals surface area contributed by atoms with Crippen LogP contribution in [0.2, 0.25) is 0 Å². The summed E-state index contributed by atoms with van der Waals surface area (Å²) in [7, 11) is 0. The first-order chi connectivity index (χ1) is 12.3. The molecule has 0 aromatic rings. The van der Waals surface area contributed by atoms with Crippen molar-refractivity contribution in [3.8, 4) is 0 Å². The molecule has 0 unspecified atom stereocenters. The molecule has 4 heteroatoms. The van der Waals surface area contributed by atoms with Crippen molar-refractivity contribution in [1.29, 1.82) is 0 Å². The van der Waals surface area contributed by atoms with E-state index < -0.39 is 11.6 Å². The number of hydrogen-bond donors (Lipinski definition) is 0. The van der Waals surface area contributed by atoms with Crippen LogP contribution in [0.25, 0.3) is 0 Å². The molecular weight excluding hydrogens is 328 g/mol. The lowest BCUT2D eigenvalue weighted by Crippen LogP contribution is -2.21. The molecule has 0 amide bonds. The van der Waals surface area contributed by atoms with Crippen LogP contribution in [0.4, 0.5) is 0 Å². The Hall–Kier alpha value is -2.88. The molecule has 0 aliphatic heterocycles. The maximum Gasteiger partial charge on any atom is 0.187 e. The highest BCUT2D eigenvalue weighted by atomic mass is 16.1. The fourth-order valence-electron chi connectivity index (χ4n) is 2.78. The molecule has 2 rings (SSSR count). The van der Waals surface area contributed by atoms with Crippen molar-refractivity contribution in [3.05, 3.63) is 70.4 Å². The maximum atomic E-state index is 12.3. The number of carbonyl (C=O) groups excluding carboxylic acids is 4. The molecule has 0 radical (unpaired) electrons. The molecule has 26 heavy (non-hydrogen) atoms. The third-order valence-corrected chi connectivity index (χ3v) is 4.20. The summed E-state index contributed by atoms with van der Waals surface area (Å²) in [5, 5.41) is 0. The monoisotopic (exact) mass is 350 g/mol. The molecule has 0 saturated carbocycles. The van der Waals surface area contributed by atoms with Crippen molar-refractivity contribution in [1.82, 2.24) is 0 Å². The molecular formula is C22H22O4. The van der Waals surface area contributed by atoms with Gasteiger partial charge in [0, 0.05) is 16.7 Å².